The number of amides is 3. The lowest BCUT2D eigenvalue weighted by atomic mass is 9.75. The Hall–Kier alpha value is -2.97. The fraction of sp³-hybridized carbons (Fsp3) is 0.375. The van der Waals surface area contributed by atoms with Crippen LogP contribution in [-0.2, 0) is 19.9 Å². The highest BCUT2D eigenvalue weighted by Gasteiger charge is 2.74. The van der Waals surface area contributed by atoms with Crippen molar-refractivity contribution in [2.45, 2.75) is 31.3 Å². The number of hydrogen-bond acceptors (Lipinski definition) is 5. The molecule has 7 nitrogen and oxygen atoms in total. The minimum Gasteiger partial charge on any atom is -0.495 e. The van der Waals surface area contributed by atoms with Gasteiger partial charge in [0.15, 0.2) is 0 Å². The van der Waals surface area contributed by atoms with Gasteiger partial charge in [0.2, 0.25) is 17.7 Å². The molecule has 6 rings (SSSR count). The topological polar surface area (TPSA) is 79.0 Å². The lowest BCUT2D eigenvalue weighted by Gasteiger charge is -2.36. The molecular weight excluding hydrogens is 449 g/mol. The second-order valence-electron chi connectivity index (χ2n) is 9.10. The molecule has 33 heavy (non-hydrogen) atoms. The monoisotopic (exact) mass is 469 g/mol. The van der Waals surface area contributed by atoms with Crippen molar-refractivity contribution >= 4 is 40.7 Å². The fourth-order valence-electron chi connectivity index (χ4n) is 6.40. The molecule has 2 aromatic carbocycles. The third kappa shape index (κ3) is 2.40. The number of nitrogens with one attached hydrogen (secondary N) is 1. The van der Waals surface area contributed by atoms with Gasteiger partial charge in [-0.05, 0) is 56.1 Å². The van der Waals surface area contributed by atoms with Gasteiger partial charge in [0, 0.05) is 28.4 Å². The highest BCUT2D eigenvalue weighted by atomic mass is 35.5. The zero-order chi connectivity index (χ0) is 23.2. The quantitative estimate of drug-likeness (QED) is 0.683. The van der Waals surface area contributed by atoms with E-state index >= 15 is 0 Å². The second-order valence-corrected chi connectivity index (χ2v) is 9.51. The number of methoxy groups -OCH3 is 1. The highest BCUT2D eigenvalue weighted by Crippen LogP contribution is 2.61. The zero-order valence-corrected chi connectivity index (χ0v) is 18.8. The maximum absolute atomic E-state index is 14.4. The summed E-state index contributed by atoms with van der Waals surface area (Å²) in [5.74, 6) is -3.09. The van der Waals surface area contributed by atoms with Crippen molar-refractivity contribution in [1.82, 2.24) is 4.90 Å². The Morgan fingerprint density at radius 3 is 2.73 bits per heavy atom. The first-order valence-corrected chi connectivity index (χ1v) is 11.3. The van der Waals surface area contributed by atoms with E-state index in [2.05, 4.69) is 5.32 Å². The van der Waals surface area contributed by atoms with Crippen molar-refractivity contribution in [3.05, 3.63) is 52.3 Å². The van der Waals surface area contributed by atoms with Crippen LogP contribution >= 0.6 is 11.6 Å². The summed E-state index contributed by atoms with van der Waals surface area (Å²) in [7, 11) is 1.44. The van der Waals surface area contributed by atoms with Gasteiger partial charge in [0.05, 0.1) is 24.6 Å². The number of ether oxygens (including phenoxy) is 1. The maximum Gasteiger partial charge on any atom is 0.250 e. The summed E-state index contributed by atoms with van der Waals surface area (Å²) in [5.41, 5.74) is 0.481. The van der Waals surface area contributed by atoms with Crippen molar-refractivity contribution in [2.75, 3.05) is 23.9 Å². The lowest BCUT2D eigenvalue weighted by molar-refractivity contribution is -0.135. The van der Waals surface area contributed by atoms with E-state index in [0.717, 1.165) is 11.3 Å². The largest absolute Gasteiger partial charge is 0.495 e. The average molecular weight is 470 g/mol. The molecule has 1 N–H and O–H groups in total. The Balaban J connectivity index is 1.56. The van der Waals surface area contributed by atoms with Gasteiger partial charge in [-0.3, -0.25) is 19.3 Å². The molecule has 4 heterocycles. The van der Waals surface area contributed by atoms with Crippen LogP contribution in [0.25, 0.3) is 0 Å². The van der Waals surface area contributed by atoms with Crippen molar-refractivity contribution < 1.29 is 23.5 Å². The number of carbonyl (C=O) groups is 3. The lowest BCUT2D eigenvalue weighted by Crippen LogP contribution is -2.54. The summed E-state index contributed by atoms with van der Waals surface area (Å²) in [4.78, 5) is 44.5. The number of halogens is 2. The van der Waals surface area contributed by atoms with Crippen LogP contribution < -0.4 is 15.0 Å². The third-order valence-electron chi connectivity index (χ3n) is 7.66. The molecule has 4 aliphatic rings. The molecule has 1 spiro atoms. The second kappa shape index (κ2) is 6.77. The first-order valence-electron chi connectivity index (χ1n) is 10.9. The fourth-order valence-corrected chi connectivity index (χ4v) is 6.55. The number of rotatable bonds is 2. The van der Waals surface area contributed by atoms with E-state index in [-0.39, 0.29) is 17.9 Å². The van der Waals surface area contributed by atoms with Gasteiger partial charge in [-0.15, -0.1) is 0 Å². The molecule has 2 aromatic rings. The van der Waals surface area contributed by atoms with Gasteiger partial charge in [0.25, 0.3) is 0 Å². The molecule has 3 amide bonds. The molecule has 0 aromatic heterocycles. The van der Waals surface area contributed by atoms with E-state index in [4.69, 9.17) is 16.3 Å². The number of fused-ring (bicyclic) bond motifs is 7. The molecule has 170 valence electrons. The van der Waals surface area contributed by atoms with E-state index in [1.165, 1.54) is 25.3 Å². The van der Waals surface area contributed by atoms with Crippen molar-refractivity contribution in [2.24, 2.45) is 11.8 Å². The Bertz CT molecular complexity index is 1270. The van der Waals surface area contributed by atoms with Crippen LogP contribution in [0.4, 0.5) is 15.8 Å². The van der Waals surface area contributed by atoms with E-state index < -0.39 is 29.1 Å². The summed E-state index contributed by atoms with van der Waals surface area (Å²) in [6, 6.07) is 7.06. The predicted molar refractivity (Wildman–Crippen MR) is 119 cm³/mol. The minimum atomic E-state index is -1.42. The molecule has 4 atom stereocenters. The van der Waals surface area contributed by atoms with Gasteiger partial charge in [-0.25, -0.2) is 9.29 Å². The van der Waals surface area contributed by atoms with Crippen LogP contribution in [0, 0.1) is 24.6 Å². The number of imide groups is 1. The smallest absolute Gasteiger partial charge is 0.250 e. The van der Waals surface area contributed by atoms with Crippen molar-refractivity contribution in [3.63, 3.8) is 0 Å². The van der Waals surface area contributed by atoms with Gasteiger partial charge < -0.3 is 10.1 Å². The molecule has 9 heteroatoms. The van der Waals surface area contributed by atoms with Crippen LogP contribution in [0.1, 0.15) is 24.0 Å². The van der Waals surface area contributed by atoms with Gasteiger partial charge >= 0.3 is 0 Å². The minimum absolute atomic E-state index is 0.282. The Morgan fingerprint density at radius 2 is 1.97 bits per heavy atom. The molecule has 0 bridgehead atoms. The number of benzene rings is 2. The van der Waals surface area contributed by atoms with Gasteiger partial charge in [-0.2, -0.15) is 0 Å². The van der Waals surface area contributed by atoms with E-state index in [1.54, 1.807) is 19.1 Å². The summed E-state index contributed by atoms with van der Waals surface area (Å²) >= 11 is 6.24. The van der Waals surface area contributed by atoms with Crippen LogP contribution in [0.15, 0.2) is 30.3 Å². The van der Waals surface area contributed by atoms with Crippen molar-refractivity contribution in [1.29, 1.82) is 0 Å². The van der Waals surface area contributed by atoms with Crippen molar-refractivity contribution in [3.8, 4) is 5.75 Å². The molecule has 3 fully saturated rings. The molecule has 4 unspecified atom stereocenters. The van der Waals surface area contributed by atoms with E-state index in [0.29, 0.717) is 46.2 Å². The summed E-state index contributed by atoms with van der Waals surface area (Å²) < 4.78 is 19.8. The first kappa shape index (κ1) is 20.6. The van der Waals surface area contributed by atoms with Gasteiger partial charge in [0.1, 0.15) is 17.1 Å². The molecule has 0 radical (unpaired) electrons. The van der Waals surface area contributed by atoms with Crippen LogP contribution in [-0.4, -0.2) is 42.3 Å². The molecule has 0 aliphatic carbocycles. The van der Waals surface area contributed by atoms with E-state index in [9.17, 15) is 18.8 Å². The number of anilines is 2. The normalized spacial score (nSPS) is 30.1. The zero-order valence-electron chi connectivity index (χ0n) is 18.0. The summed E-state index contributed by atoms with van der Waals surface area (Å²) in [6.45, 7) is 2.34. The first-order chi connectivity index (χ1) is 15.8. The SMILES string of the molecule is COc1cc(Cl)c(C)cc1N1C(=O)C2C3CCCN3C3(C(=O)Nc4ccc(F)cc43)C2C1=O. The Morgan fingerprint density at radius 1 is 1.18 bits per heavy atom. The molecule has 0 saturated carbocycles. The molecule has 3 saturated heterocycles. The molecular formula is C24H21ClFN3O4. The summed E-state index contributed by atoms with van der Waals surface area (Å²) in [5, 5.41) is 3.29. The predicted octanol–water partition coefficient (Wildman–Crippen LogP) is 3.23. The van der Waals surface area contributed by atoms with E-state index in [1.807, 2.05) is 4.90 Å². The van der Waals surface area contributed by atoms with Crippen LogP contribution in [0.3, 0.4) is 0 Å². The highest BCUT2D eigenvalue weighted by molar-refractivity contribution is 6.32. The Labute approximate surface area is 194 Å². The third-order valence-corrected chi connectivity index (χ3v) is 8.06. The number of nitrogens with zero attached hydrogens (tertiary/aromatic N) is 2. The maximum atomic E-state index is 14.4. The average Bonchev–Trinajstić information content (AvgIpc) is 3.48. The standard InChI is InChI=1S/C24H21ClFN3O4/c1-11-8-17(18(33-2)10-14(11)25)29-21(30)19-16-4-3-7-28(16)24(20(19)22(29)31)13-9-12(26)5-6-15(13)27-23(24)32/h5-6,8-10,16,19-20H,3-4,7H2,1-2H3,(H,27,32). The molecule has 4 aliphatic heterocycles. The number of aryl methyl sites for hydroxylation is 1. The summed E-state index contributed by atoms with van der Waals surface area (Å²) in [6.07, 6.45) is 1.48. The van der Waals surface area contributed by atoms with Gasteiger partial charge in [-0.1, -0.05) is 11.6 Å². The van der Waals surface area contributed by atoms with Crippen LogP contribution in [0.2, 0.25) is 5.02 Å². The number of hydrogen-bond donors (Lipinski definition) is 1. The Kier molecular flexibility index (Phi) is 4.23. The van der Waals surface area contributed by atoms with Crippen LogP contribution in [0.5, 0.6) is 5.75 Å². The number of carbonyl (C=O) groups excluding carboxylic acids is 3.